The number of thiophene rings is 1. The molecular weight excluding hydrogens is 414 g/mol. The summed E-state index contributed by atoms with van der Waals surface area (Å²) in [5.41, 5.74) is 1.89. The van der Waals surface area contributed by atoms with Crippen molar-refractivity contribution in [3.05, 3.63) is 67.0 Å². The van der Waals surface area contributed by atoms with Crippen LogP contribution in [-0.2, 0) is 4.79 Å². The van der Waals surface area contributed by atoms with E-state index in [4.69, 9.17) is 4.74 Å². The van der Waals surface area contributed by atoms with Gasteiger partial charge in [-0.3, -0.25) is 4.79 Å². The minimum Gasteiger partial charge on any atom is -0.491 e. The molecule has 0 saturated heterocycles. The SMILES string of the molecule is CC(C)Oc1ccc(NC(=O)CSc2ncnc3sc(-c4ccccc4)cc23)cc1. The van der Waals surface area contributed by atoms with Gasteiger partial charge in [0, 0.05) is 16.0 Å². The monoisotopic (exact) mass is 435 g/mol. The van der Waals surface area contributed by atoms with Crippen molar-refractivity contribution in [2.75, 3.05) is 11.1 Å². The smallest absolute Gasteiger partial charge is 0.234 e. The fourth-order valence-electron chi connectivity index (χ4n) is 2.91. The summed E-state index contributed by atoms with van der Waals surface area (Å²) in [7, 11) is 0. The van der Waals surface area contributed by atoms with Gasteiger partial charge < -0.3 is 10.1 Å². The molecule has 0 saturated carbocycles. The van der Waals surface area contributed by atoms with E-state index in [0.717, 1.165) is 37.1 Å². The molecule has 2 heterocycles. The number of hydrogen-bond donors (Lipinski definition) is 1. The third-order valence-electron chi connectivity index (χ3n) is 4.20. The first-order valence-electron chi connectivity index (χ1n) is 9.58. The summed E-state index contributed by atoms with van der Waals surface area (Å²) < 4.78 is 5.62. The van der Waals surface area contributed by atoms with Gasteiger partial charge in [0.2, 0.25) is 5.91 Å². The number of benzene rings is 2. The van der Waals surface area contributed by atoms with Crippen molar-refractivity contribution >= 4 is 44.9 Å². The number of nitrogens with zero attached hydrogens (tertiary/aromatic N) is 2. The molecule has 0 radical (unpaired) electrons. The fourth-order valence-corrected chi connectivity index (χ4v) is 4.76. The molecule has 0 unspecified atom stereocenters. The molecule has 0 atom stereocenters. The Morgan fingerprint density at radius 2 is 1.87 bits per heavy atom. The van der Waals surface area contributed by atoms with Crippen molar-refractivity contribution in [3.63, 3.8) is 0 Å². The number of nitrogens with one attached hydrogen (secondary N) is 1. The molecule has 4 rings (SSSR count). The number of thioether (sulfide) groups is 1. The largest absolute Gasteiger partial charge is 0.491 e. The van der Waals surface area contributed by atoms with Crippen LogP contribution in [0.4, 0.5) is 5.69 Å². The molecule has 0 bridgehead atoms. The molecule has 2 aromatic heterocycles. The van der Waals surface area contributed by atoms with E-state index in [1.54, 1.807) is 17.7 Å². The van der Waals surface area contributed by atoms with Gasteiger partial charge in [-0.15, -0.1) is 11.3 Å². The van der Waals surface area contributed by atoms with Crippen LogP contribution in [0.2, 0.25) is 0 Å². The Balaban J connectivity index is 1.42. The lowest BCUT2D eigenvalue weighted by Crippen LogP contribution is -2.14. The second kappa shape index (κ2) is 9.28. The summed E-state index contributed by atoms with van der Waals surface area (Å²) in [6, 6.07) is 19.7. The number of carbonyl (C=O) groups is 1. The number of rotatable bonds is 7. The Labute approximate surface area is 183 Å². The normalized spacial score (nSPS) is 11.0. The van der Waals surface area contributed by atoms with Crippen LogP contribution in [0.3, 0.4) is 0 Å². The molecule has 1 N–H and O–H groups in total. The van der Waals surface area contributed by atoms with Crippen molar-refractivity contribution in [3.8, 4) is 16.2 Å². The van der Waals surface area contributed by atoms with Gasteiger partial charge in [0.25, 0.3) is 0 Å². The molecule has 0 aliphatic carbocycles. The van der Waals surface area contributed by atoms with Crippen LogP contribution >= 0.6 is 23.1 Å². The van der Waals surface area contributed by atoms with Crippen LogP contribution in [0.5, 0.6) is 5.75 Å². The Hall–Kier alpha value is -2.90. The zero-order chi connectivity index (χ0) is 20.9. The number of aromatic nitrogens is 2. The van der Waals surface area contributed by atoms with E-state index < -0.39 is 0 Å². The molecular formula is C23H21N3O2S2. The maximum Gasteiger partial charge on any atom is 0.234 e. The summed E-state index contributed by atoms with van der Waals surface area (Å²) in [6.45, 7) is 3.96. The highest BCUT2D eigenvalue weighted by molar-refractivity contribution is 8.00. The van der Waals surface area contributed by atoms with Gasteiger partial charge >= 0.3 is 0 Å². The molecule has 0 fully saturated rings. The maximum atomic E-state index is 12.4. The van der Waals surface area contributed by atoms with Crippen LogP contribution in [0.1, 0.15) is 13.8 Å². The van der Waals surface area contributed by atoms with E-state index >= 15 is 0 Å². The van der Waals surface area contributed by atoms with Crippen LogP contribution in [0.25, 0.3) is 20.7 Å². The van der Waals surface area contributed by atoms with Crippen LogP contribution in [0.15, 0.2) is 72.0 Å². The van der Waals surface area contributed by atoms with E-state index in [1.807, 2.05) is 56.3 Å². The van der Waals surface area contributed by atoms with E-state index in [2.05, 4.69) is 33.5 Å². The van der Waals surface area contributed by atoms with Gasteiger partial charge in [-0.2, -0.15) is 0 Å². The van der Waals surface area contributed by atoms with E-state index in [9.17, 15) is 4.79 Å². The summed E-state index contributed by atoms with van der Waals surface area (Å²) >= 11 is 3.05. The highest BCUT2D eigenvalue weighted by atomic mass is 32.2. The molecule has 0 aliphatic rings. The van der Waals surface area contributed by atoms with E-state index in [1.165, 1.54) is 11.8 Å². The lowest BCUT2D eigenvalue weighted by Gasteiger charge is -2.10. The standard InChI is InChI=1S/C23H21N3O2S2/c1-15(2)28-18-10-8-17(9-11-18)26-21(27)13-29-22-19-12-20(16-6-4-3-5-7-16)30-23(19)25-14-24-22/h3-12,14-15H,13H2,1-2H3,(H,26,27). The summed E-state index contributed by atoms with van der Waals surface area (Å²) in [5.74, 6) is 0.975. The van der Waals surface area contributed by atoms with Crippen molar-refractivity contribution in [2.45, 2.75) is 25.0 Å². The summed E-state index contributed by atoms with van der Waals surface area (Å²) in [4.78, 5) is 23.3. The van der Waals surface area contributed by atoms with Gasteiger partial charge in [-0.1, -0.05) is 42.1 Å². The molecule has 1 amide bonds. The minimum atomic E-state index is -0.0807. The molecule has 4 aromatic rings. The number of carbonyl (C=O) groups excluding carboxylic acids is 1. The summed E-state index contributed by atoms with van der Waals surface area (Å²) in [6.07, 6.45) is 1.67. The average molecular weight is 436 g/mol. The molecule has 2 aromatic carbocycles. The number of fused-ring (bicyclic) bond motifs is 1. The number of ether oxygens (including phenoxy) is 1. The van der Waals surface area contributed by atoms with Crippen LogP contribution < -0.4 is 10.1 Å². The average Bonchev–Trinajstić information content (AvgIpc) is 3.19. The van der Waals surface area contributed by atoms with Crippen molar-refractivity contribution < 1.29 is 9.53 Å². The first kappa shape index (κ1) is 20.4. The van der Waals surface area contributed by atoms with Gasteiger partial charge in [0.05, 0.1) is 11.9 Å². The number of hydrogen-bond acceptors (Lipinski definition) is 6. The molecule has 0 spiro atoms. The highest BCUT2D eigenvalue weighted by Crippen LogP contribution is 2.36. The van der Waals surface area contributed by atoms with Crippen molar-refractivity contribution in [2.24, 2.45) is 0 Å². The Morgan fingerprint density at radius 3 is 2.60 bits per heavy atom. The van der Waals surface area contributed by atoms with Crippen LogP contribution in [-0.4, -0.2) is 27.7 Å². The third kappa shape index (κ3) is 4.98. The molecule has 152 valence electrons. The lowest BCUT2D eigenvalue weighted by molar-refractivity contribution is -0.113. The summed E-state index contributed by atoms with van der Waals surface area (Å²) in [5, 5.41) is 4.71. The number of anilines is 1. The maximum absolute atomic E-state index is 12.4. The predicted octanol–water partition coefficient (Wildman–Crippen LogP) is 5.88. The number of amides is 1. The molecule has 0 aliphatic heterocycles. The van der Waals surface area contributed by atoms with Crippen LogP contribution in [0, 0.1) is 0 Å². The first-order valence-corrected chi connectivity index (χ1v) is 11.4. The Morgan fingerprint density at radius 1 is 1.10 bits per heavy atom. The fraction of sp³-hybridized carbons (Fsp3) is 0.174. The van der Waals surface area contributed by atoms with Gasteiger partial charge in [-0.25, -0.2) is 9.97 Å². The second-order valence-corrected chi connectivity index (χ2v) is 8.90. The Kier molecular flexibility index (Phi) is 6.30. The van der Waals surface area contributed by atoms with Gasteiger partial charge in [0.15, 0.2) is 0 Å². The third-order valence-corrected chi connectivity index (χ3v) is 6.30. The van der Waals surface area contributed by atoms with Gasteiger partial charge in [-0.05, 0) is 49.7 Å². The lowest BCUT2D eigenvalue weighted by atomic mass is 10.2. The predicted molar refractivity (Wildman–Crippen MR) is 124 cm³/mol. The zero-order valence-electron chi connectivity index (χ0n) is 16.7. The van der Waals surface area contributed by atoms with E-state index in [0.29, 0.717) is 0 Å². The Bertz CT molecular complexity index is 1140. The second-order valence-electron chi connectivity index (χ2n) is 6.90. The molecule has 7 heteroatoms. The first-order chi connectivity index (χ1) is 14.6. The quantitative estimate of drug-likeness (QED) is 0.290. The van der Waals surface area contributed by atoms with Gasteiger partial charge in [0.1, 0.15) is 21.9 Å². The van der Waals surface area contributed by atoms with Crippen molar-refractivity contribution in [1.29, 1.82) is 0 Å². The zero-order valence-corrected chi connectivity index (χ0v) is 18.3. The van der Waals surface area contributed by atoms with Crippen molar-refractivity contribution in [1.82, 2.24) is 9.97 Å². The van der Waals surface area contributed by atoms with E-state index in [-0.39, 0.29) is 17.8 Å². The molecule has 30 heavy (non-hydrogen) atoms. The minimum absolute atomic E-state index is 0.0807. The highest BCUT2D eigenvalue weighted by Gasteiger charge is 2.12. The topological polar surface area (TPSA) is 64.1 Å². The molecule has 5 nitrogen and oxygen atoms in total.